The molecule has 2 rings (SSSR count). The van der Waals surface area contributed by atoms with Gasteiger partial charge >= 0.3 is 0 Å². The number of rotatable bonds is 3. The van der Waals surface area contributed by atoms with Crippen molar-refractivity contribution >= 4 is 21.6 Å². The van der Waals surface area contributed by atoms with E-state index in [1.807, 2.05) is 0 Å². The molecule has 1 aromatic rings. The summed E-state index contributed by atoms with van der Waals surface area (Å²) in [6.45, 7) is 6.33. The van der Waals surface area contributed by atoms with Crippen molar-refractivity contribution in [3.05, 3.63) is 28.2 Å². The first kappa shape index (κ1) is 14.8. The average Bonchev–Trinajstić information content (AvgIpc) is 2.60. The van der Waals surface area contributed by atoms with Gasteiger partial charge < -0.3 is 15.5 Å². The molecule has 0 aliphatic carbocycles. The van der Waals surface area contributed by atoms with Gasteiger partial charge in [0.25, 0.3) is 0 Å². The van der Waals surface area contributed by atoms with E-state index < -0.39 is 0 Å². The number of nitrogens with two attached hydrogens (primary N) is 1. The normalized spacial score (nSPS) is 21.5. The molecule has 19 heavy (non-hydrogen) atoms. The number of nitrogens with zero attached hydrogens (tertiary/aromatic N) is 2. The third-order valence-corrected chi connectivity index (χ3v) is 4.57. The largest absolute Gasteiger partial charge is 0.366 e. The van der Waals surface area contributed by atoms with E-state index in [-0.39, 0.29) is 0 Å². The lowest BCUT2D eigenvalue weighted by Crippen LogP contribution is -2.40. The number of hydrogen-bond donors (Lipinski definition) is 1. The Morgan fingerprint density at radius 3 is 2.79 bits per heavy atom. The maximum Gasteiger partial charge on any atom is 0.0513 e. The summed E-state index contributed by atoms with van der Waals surface area (Å²) in [5.41, 5.74) is 8.18. The average molecular weight is 326 g/mol. The van der Waals surface area contributed by atoms with Crippen molar-refractivity contribution in [2.45, 2.75) is 32.4 Å². The molecule has 1 aliphatic heterocycles. The standard InChI is InChI=1S/C15H24BrN3/c1-3-13-11-18(2)7-4-8-19(13)15-6-5-12(10-17)9-14(15)16/h5-6,9,13H,3-4,7-8,10-11,17H2,1-2H3. The minimum Gasteiger partial charge on any atom is -0.366 e. The predicted octanol–water partition coefficient (Wildman–Crippen LogP) is 2.83. The second-order valence-corrected chi connectivity index (χ2v) is 6.22. The van der Waals surface area contributed by atoms with E-state index in [0.29, 0.717) is 12.6 Å². The molecule has 0 bridgehead atoms. The minimum atomic E-state index is 0.590. The summed E-state index contributed by atoms with van der Waals surface area (Å²) in [7, 11) is 2.22. The van der Waals surface area contributed by atoms with Crippen LogP contribution in [0.5, 0.6) is 0 Å². The van der Waals surface area contributed by atoms with Gasteiger partial charge in [0.2, 0.25) is 0 Å². The fourth-order valence-corrected chi connectivity index (χ4v) is 3.47. The number of anilines is 1. The predicted molar refractivity (Wildman–Crippen MR) is 85.6 cm³/mol. The zero-order valence-electron chi connectivity index (χ0n) is 11.9. The summed E-state index contributed by atoms with van der Waals surface area (Å²) < 4.78 is 1.17. The van der Waals surface area contributed by atoms with E-state index >= 15 is 0 Å². The Morgan fingerprint density at radius 1 is 1.37 bits per heavy atom. The van der Waals surface area contributed by atoms with E-state index in [1.165, 1.54) is 35.1 Å². The Hall–Kier alpha value is -0.580. The molecule has 1 heterocycles. The van der Waals surface area contributed by atoms with E-state index in [4.69, 9.17) is 5.73 Å². The van der Waals surface area contributed by atoms with Crippen molar-refractivity contribution in [2.24, 2.45) is 5.73 Å². The Kier molecular flexibility index (Phi) is 5.25. The van der Waals surface area contributed by atoms with Crippen molar-refractivity contribution < 1.29 is 0 Å². The summed E-state index contributed by atoms with van der Waals surface area (Å²) in [6.07, 6.45) is 2.40. The molecule has 1 atom stereocenters. The molecule has 1 fully saturated rings. The van der Waals surface area contributed by atoms with Crippen LogP contribution in [0.4, 0.5) is 5.69 Å². The van der Waals surface area contributed by atoms with Crippen LogP contribution in [0.25, 0.3) is 0 Å². The van der Waals surface area contributed by atoms with Crippen molar-refractivity contribution in [2.75, 3.05) is 31.6 Å². The molecule has 0 radical (unpaired) electrons. The lowest BCUT2D eigenvalue weighted by Gasteiger charge is -2.33. The number of benzene rings is 1. The SMILES string of the molecule is CCC1CN(C)CCCN1c1ccc(CN)cc1Br. The zero-order valence-corrected chi connectivity index (χ0v) is 13.5. The third-order valence-electron chi connectivity index (χ3n) is 3.93. The van der Waals surface area contributed by atoms with E-state index in [2.05, 4.69) is 57.9 Å². The monoisotopic (exact) mass is 325 g/mol. The van der Waals surface area contributed by atoms with Gasteiger partial charge in [-0.3, -0.25) is 0 Å². The van der Waals surface area contributed by atoms with E-state index in [9.17, 15) is 0 Å². The van der Waals surface area contributed by atoms with Gasteiger partial charge in [-0.2, -0.15) is 0 Å². The highest BCUT2D eigenvalue weighted by Gasteiger charge is 2.23. The summed E-state index contributed by atoms with van der Waals surface area (Å²) in [4.78, 5) is 4.99. The third kappa shape index (κ3) is 3.50. The van der Waals surface area contributed by atoms with Crippen molar-refractivity contribution in [1.29, 1.82) is 0 Å². The first-order chi connectivity index (χ1) is 9.15. The topological polar surface area (TPSA) is 32.5 Å². The molecule has 4 heteroatoms. The Morgan fingerprint density at radius 2 is 2.16 bits per heavy atom. The molecule has 0 spiro atoms. The summed E-state index contributed by atoms with van der Waals surface area (Å²) in [5.74, 6) is 0. The fraction of sp³-hybridized carbons (Fsp3) is 0.600. The second kappa shape index (κ2) is 6.73. The van der Waals surface area contributed by atoms with Crippen LogP contribution in [0.2, 0.25) is 0 Å². The molecule has 1 unspecified atom stereocenters. The van der Waals surface area contributed by atoms with Gasteiger partial charge in [-0.15, -0.1) is 0 Å². The second-order valence-electron chi connectivity index (χ2n) is 5.36. The maximum absolute atomic E-state index is 5.70. The van der Waals surface area contributed by atoms with Crippen LogP contribution in [-0.4, -0.2) is 37.6 Å². The van der Waals surface area contributed by atoms with Gasteiger partial charge in [0.15, 0.2) is 0 Å². The van der Waals surface area contributed by atoms with Crippen LogP contribution in [0.15, 0.2) is 22.7 Å². The lowest BCUT2D eigenvalue weighted by molar-refractivity contribution is 0.328. The van der Waals surface area contributed by atoms with Crippen LogP contribution in [0.1, 0.15) is 25.3 Å². The Bertz CT molecular complexity index is 422. The zero-order chi connectivity index (χ0) is 13.8. The van der Waals surface area contributed by atoms with Gasteiger partial charge in [0.05, 0.1) is 5.69 Å². The number of halogens is 1. The maximum atomic E-state index is 5.70. The van der Waals surface area contributed by atoms with Gasteiger partial charge in [-0.05, 0) is 60.1 Å². The highest BCUT2D eigenvalue weighted by molar-refractivity contribution is 9.10. The molecule has 106 valence electrons. The first-order valence-electron chi connectivity index (χ1n) is 7.09. The van der Waals surface area contributed by atoms with Crippen molar-refractivity contribution in [1.82, 2.24) is 4.90 Å². The van der Waals surface area contributed by atoms with Crippen molar-refractivity contribution in [3.8, 4) is 0 Å². The molecule has 0 amide bonds. The van der Waals surface area contributed by atoms with Crippen LogP contribution >= 0.6 is 15.9 Å². The molecule has 3 nitrogen and oxygen atoms in total. The van der Waals surface area contributed by atoms with Crippen molar-refractivity contribution in [3.63, 3.8) is 0 Å². The molecule has 0 aromatic heterocycles. The Labute approximate surface area is 124 Å². The summed E-state index contributed by atoms with van der Waals surface area (Å²) in [6, 6.07) is 7.09. The van der Waals surface area contributed by atoms with Crippen LogP contribution in [-0.2, 0) is 6.54 Å². The number of hydrogen-bond acceptors (Lipinski definition) is 3. The fourth-order valence-electron chi connectivity index (χ4n) is 2.82. The highest BCUT2D eigenvalue weighted by atomic mass is 79.9. The first-order valence-corrected chi connectivity index (χ1v) is 7.88. The van der Waals surface area contributed by atoms with Crippen LogP contribution < -0.4 is 10.6 Å². The van der Waals surface area contributed by atoms with E-state index in [0.717, 1.165) is 13.1 Å². The van der Waals surface area contributed by atoms with Crippen LogP contribution in [0.3, 0.4) is 0 Å². The van der Waals surface area contributed by atoms with Gasteiger partial charge in [0.1, 0.15) is 0 Å². The molecule has 0 saturated carbocycles. The highest BCUT2D eigenvalue weighted by Crippen LogP contribution is 2.30. The van der Waals surface area contributed by atoms with E-state index in [1.54, 1.807) is 0 Å². The van der Waals surface area contributed by atoms with Gasteiger partial charge in [-0.1, -0.05) is 13.0 Å². The van der Waals surface area contributed by atoms with Gasteiger partial charge in [0, 0.05) is 30.1 Å². The van der Waals surface area contributed by atoms with Gasteiger partial charge in [-0.25, -0.2) is 0 Å². The lowest BCUT2D eigenvalue weighted by atomic mass is 10.1. The smallest absolute Gasteiger partial charge is 0.0513 e. The number of likely N-dealkylation sites (N-methyl/N-ethyl adjacent to an activating group) is 1. The van der Waals surface area contributed by atoms with Crippen LogP contribution in [0, 0.1) is 0 Å². The molecule has 1 aromatic carbocycles. The summed E-state index contributed by atoms with van der Waals surface area (Å²) in [5, 5.41) is 0. The molecular weight excluding hydrogens is 302 g/mol. The molecular formula is C15H24BrN3. The molecule has 1 aliphatic rings. The molecule has 2 N–H and O–H groups in total. The minimum absolute atomic E-state index is 0.590. The molecule has 1 saturated heterocycles. The summed E-state index contributed by atoms with van der Waals surface area (Å²) >= 11 is 3.71. The Balaban J connectivity index is 2.27. The quantitative estimate of drug-likeness (QED) is 0.927.